The van der Waals surface area contributed by atoms with E-state index in [0.717, 1.165) is 17.8 Å². The molecule has 0 bridgehead atoms. The summed E-state index contributed by atoms with van der Waals surface area (Å²) in [5.41, 5.74) is 8.88. The lowest BCUT2D eigenvalue weighted by Crippen LogP contribution is -2.10. The summed E-state index contributed by atoms with van der Waals surface area (Å²) in [5.74, 6) is 0. The second kappa shape index (κ2) is 3.28. The number of hydrogen-bond acceptors (Lipinski definition) is 2. The lowest BCUT2D eigenvalue weighted by molar-refractivity contribution is 1.000. The van der Waals surface area contributed by atoms with E-state index < -0.39 is 0 Å². The Kier molecular flexibility index (Phi) is 2.36. The van der Waals surface area contributed by atoms with Crippen LogP contribution in [0.4, 0.5) is 0 Å². The molecule has 0 fully saturated rings. The number of allylic oxidation sites excluding steroid dienone is 4. The average Bonchev–Trinajstić information content (AvgIpc) is 2.13. The maximum absolute atomic E-state index is 5.74. The first-order valence-electron chi connectivity index (χ1n) is 3.75. The van der Waals surface area contributed by atoms with Crippen LogP contribution in [0.3, 0.4) is 0 Å². The predicted molar refractivity (Wildman–Crippen MR) is 47.8 cm³/mol. The molecule has 0 spiro atoms. The van der Waals surface area contributed by atoms with Crippen molar-refractivity contribution in [3.8, 4) is 0 Å². The Morgan fingerprint density at radius 2 is 2.27 bits per heavy atom. The molecule has 1 aliphatic carbocycles. The molecule has 0 unspecified atom stereocenters. The van der Waals surface area contributed by atoms with Gasteiger partial charge in [-0.15, -0.1) is 0 Å². The van der Waals surface area contributed by atoms with Gasteiger partial charge in [0.05, 0.1) is 11.4 Å². The Balaban J connectivity index is 2.97. The highest BCUT2D eigenvalue weighted by molar-refractivity contribution is 5.35. The van der Waals surface area contributed by atoms with E-state index >= 15 is 0 Å². The lowest BCUT2D eigenvalue weighted by atomic mass is 10.2. The van der Waals surface area contributed by atoms with Crippen LogP contribution in [-0.4, -0.2) is 7.05 Å². The van der Waals surface area contributed by atoms with Crippen LogP contribution in [0.15, 0.2) is 35.2 Å². The smallest absolute Gasteiger partial charge is 0.0570 e. The average molecular weight is 150 g/mol. The molecule has 0 saturated carbocycles. The van der Waals surface area contributed by atoms with Crippen molar-refractivity contribution in [1.82, 2.24) is 5.32 Å². The number of hydrogen-bond donors (Lipinski definition) is 2. The van der Waals surface area contributed by atoms with Crippen LogP contribution in [0, 0.1) is 0 Å². The summed E-state index contributed by atoms with van der Waals surface area (Å²) in [4.78, 5) is 0. The minimum Gasteiger partial charge on any atom is -0.397 e. The van der Waals surface area contributed by atoms with Gasteiger partial charge in [-0.3, -0.25) is 0 Å². The van der Waals surface area contributed by atoms with E-state index in [4.69, 9.17) is 5.73 Å². The fourth-order valence-corrected chi connectivity index (χ4v) is 1.07. The van der Waals surface area contributed by atoms with Gasteiger partial charge in [-0.1, -0.05) is 11.6 Å². The Morgan fingerprint density at radius 3 is 2.91 bits per heavy atom. The SMILES string of the molecule is CNC1=C(N)C=CCC(C)=C1. The summed E-state index contributed by atoms with van der Waals surface area (Å²) >= 11 is 0. The van der Waals surface area contributed by atoms with Gasteiger partial charge in [-0.25, -0.2) is 0 Å². The Labute approximate surface area is 67.5 Å². The number of likely N-dealkylation sites (N-methyl/N-ethyl adjacent to an activating group) is 1. The zero-order valence-electron chi connectivity index (χ0n) is 7.02. The van der Waals surface area contributed by atoms with E-state index in [1.165, 1.54) is 5.57 Å². The Hall–Kier alpha value is -1.18. The third-order valence-corrected chi connectivity index (χ3v) is 1.71. The molecule has 0 heterocycles. The molecule has 0 amide bonds. The van der Waals surface area contributed by atoms with Crippen molar-refractivity contribution in [1.29, 1.82) is 0 Å². The second-order valence-corrected chi connectivity index (χ2v) is 2.72. The van der Waals surface area contributed by atoms with Crippen LogP contribution in [-0.2, 0) is 0 Å². The Bertz CT molecular complexity index is 234. The molecule has 0 aromatic rings. The molecule has 11 heavy (non-hydrogen) atoms. The highest BCUT2D eigenvalue weighted by Gasteiger charge is 1.99. The van der Waals surface area contributed by atoms with Gasteiger partial charge in [0.2, 0.25) is 0 Å². The van der Waals surface area contributed by atoms with Gasteiger partial charge in [0.1, 0.15) is 0 Å². The highest BCUT2D eigenvalue weighted by atomic mass is 14.9. The van der Waals surface area contributed by atoms with E-state index in [0.29, 0.717) is 0 Å². The molecule has 0 saturated heterocycles. The zero-order chi connectivity index (χ0) is 8.27. The summed E-state index contributed by atoms with van der Waals surface area (Å²) in [6.07, 6.45) is 7.09. The van der Waals surface area contributed by atoms with Gasteiger partial charge in [-0.05, 0) is 25.5 Å². The van der Waals surface area contributed by atoms with Gasteiger partial charge in [0.15, 0.2) is 0 Å². The van der Waals surface area contributed by atoms with Crippen LogP contribution in [0.1, 0.15) is 13.3 Å². The van der Waals surface area contributed by atoms with Gasteiger partial charge in [0, 0.05) is 7.05 Å². The maximum Gasteiger partial charge on any atom is 0.0570 e. The lowest BCUT2D eigenvalue weighted by Gasteiger charge is -2.02. The number of rotatable bonds is 1. The molecule has 0 aromatic heterocycles. The zero-order valence-corrected chi connectivity index (χ0v) is 7.02. The second-order valence-electron chi connectivity index (χ2n) is 2.72. The van der Waals surface area contributed by atoms with E-state index in [2.05, 4.69) is 24.4 Å². The van der Waals surface area contributed by atoms with E-state index in [9.17, 15) is 0 Å². The van der Waals surface area contributed by atoms with Crippen LogP contribution in [0.2, 0.25) is 0 Å². The quantitative estimate of drug-likeness (QED) is 0.591. The number of nitrogens with two attached hydrogens (primary N) is 1. The minimum absolute atomic E-state index is 0.810. The first-order chi connectivity index (χ1) is 5.24. The van der Waals surface area contributed by atoms with E-state index in [1.54, 1.807) is 0 Å². The van der Waals surface area contributed by atoms with Crippen molar-refractivity contribution in [2.45, 2.75) is 13.3 Å². The highest BCUT2D eigenvalue weighted by Crippen LogP contribution is 2.11. The van der Waals surface area contributed by atoms with Crippen molar-refractivity contribution >= 4 is 0 Å². The molecule has 1 rings (SSSR count). The predicted octanol–water partition coefficient (Wildman–Crippen LogP) is 1.28. The van der Waals surface area contributed by atoms with Crippen molar-refractivity contribution in [3.05, 3.63) is 35.2 Å². The third kappa shape index (κ3) is 1.87. The molecule has 2 heteroatoms. The van der Waals surface area contributed by atoms with E-state index in [1.807, 2.05) is 13.1 Å². The molecule has 0 aliphatic heterocycles. The monoisotopic (exact) mass is 150 g/mol. The topological polar surface area (TPSA) is 38.0 Å². The van der Waals surface area contributed by atoms with Gasteiger partial charge in [-0.2, -0.15) is 0 Å². The molecule has 2 nitrogen and oxygen atoms in total. The fraction of sp³-hybridized carbons (Fsp3) is 0.333. The normalized spacial score (nSPS) is 17.8. The van der Waals surface area contributed by atoms with Crippen LogP contribution in [0.25, 0.3) is 0 Å². The van der Waals surface area contributed by atoms with Crippen molar-refractivity contribution < 1.29 is 0 Å². The summed E-state index contributed by atoms with van der Waals surface area (Å²) < 4.78 is 0. The minimum atomic E-state index is 0.810. The summed E-state index contributed by atoms with van der Waals surface area (Å²) in [6.45, 7) is 2.10. The number of nitrogens with one attached hydrogen (secondary N) is 1. The molecule has 0 atom stereocenters. The molecular formula is C9H14N2. The van der Waals surface area contributed by atoms with Crippen molar-refractivity contribution in [2.24, 2.45) is 5.73 Å². The van der Waals surface area contributed by atoms with Gasteiger partial charge in [0.25, 0.3) is 0 Å². The van der Waals surface area contributed by atoms with Crippen molar-refractivity contribution in [2.75, 3.05) is 7.05 Å². The third-order valence-electron chi connectivity index (χ3n) is 1.71. The summed E-state index contributed by atoms with van der Waals surface area (Å²) in [6, 6.07) is 0. The molecule has 1 aliphatic rings. The van der Waals surface area contributed by atoms with Crippen LogP contribution >= 0.6 is 0 Å². The van der Waals surface area contributed by atoms with Gasteiger partial charge < -0.3 is 11.1 Å². The molecular weight excluding hydrogens is 136 g/mol. The molecule has 3 N–H and O–H groups in total. The van der Waals surface area contributed by atoms with Crippen LogP contribution in [0.5, 0.6) is 0 Å². The summed E-state index contributed by atoms with van der Waals surface area (Å²) in [7, 11) is 1.88. The molecule has 0 aromatic carbocycles. The molecule has 0 radical (unpaired) electrons. The van der Waals surface area contributed by atoms with Crippen molar-refractivity contribution in [3.63, 3.8) is 0 Å². The summed E-state index contributed by atoms with van der Waals surface area (Å²) in [5, 5.41) is 3.05. The largest absolute Gasteiger partial charge is 0.397 e. The Morgan fingerprint density at radius 1 is 1.55 bits per heavy atom. The van der Waals surface area contributed by atoms with Gasteiger partial charge >= 0.3 is 0 Å². The van der Waals surface area contributed by atoms with Crippen LogP contribution < -0.4 is 11.1 Å². The maximum atomic E-state index is 5.74. The molecule has 60 valence electrons. The first kappa shape index (κ1) is 7.92. The standard InChI is InChI=1S/C9H14N2/c1-7-4-3-5-8(10)9(6-7)11-2/h3,5-6,11H,4,10H2,1-2H3. The van der Waals surface area contributed by atoms with E-state index in [-0.39, 0.29) is 0 Å². The fourth-order valence-electron chi connectivity index (χ4n) is 1.07. The first-order valence-corrected chi connectivity index (χ1v) is 3.75.